The van der Waals surface area contributed by atoms with Gasteiger partial charge in [0.15, 0.2) is 5.82 Å². The number of nitrogens with two attached hydrogens (primary N) is 1. The van der Waals surface area contributed by atoms with E-state index in [-0.39, 0.29) is 16.5 Å². The third-order valence-corrected chi connectivity index (χ3v) is 4.18. The van der Waals surface area contributed by atoms with Crippen molar-refractivity contribution in [2.75, 3.05) is 10.5 Å². The second-order valence-electron chi connectivity index (χ2n) is 3.98. The number of aryl methyl sites for hydroxylation is 2. The lowest BCUT2D eigenvalue weighted by atomic mass is 10.3. The molecule has 0 atom stereocenters. The molecule has 9 heteroatoms. The number of anilines is 2. The molecule has 2 aromatic heterocycles. The Balaban J connectivity index is 2.39. The monoisotopic (exact) mass is 345 g/mol. The summed E-state index contributed by atoms with van der Waals surface area (Å²) in [5, 5.41) is 3.80. The molecule has 0 bridgehead atoms. The molecule has 0 aromatic carbocycles. The Kier molecular flexibility index (Phi) is 3.50. The van der Waals surface area contributed by atoms with Crippen molar-refractivity contribution in [1.82, 2.24) is 14.8 Å². The summed E-state index contributed by atoms with van der Waals surface area (Å²) in [6.07, 6.45) is 2.85. The number of nitrogens with zero attached hydrogens (tertiary/aromatic N) is 3. The molecule has 2 heterocycles. The molecular weight excluding hydrogens is 334 g/mol. The largest absolute Gasteiger partial charge is 0.381 e. The van der Waals surface area contributed by atoms with Crippen LogP contribution in [0.25, 0.3) is 0 Å². The molecule has 2 aromatic rings. The smallest absolute Gasteiger partial charge is 0.268 e. The van der Waals surface area contributed by atoms with Crippen LogP contribution in [0.15, 0.2) is 27.8 Å². The minimum Gasteiger partial charge on any atom is -0.381 e. The number of nitrogens with one attached hydrogen (secondary N) is 1. The van der Waals surface area contributed by atoms with E-state index in [0.717, 1.165) is 4.47 Å². The number of aromatic nitrogens is 3. The van der Waals surface area contributed by atoms with Gasteiger partial charge in [-0.25, -0.2) is 13.4 Å². The van der Waals surface area contributed by atoms with Gasteiger partial charge in [-0.1, -0.05) is 0 Å². The number of nitrogen functional groups attached to an aromatic ring is 1. The van der Waals surface area contributed by atoms with E-state index in [1.165, 1.54) is 17.1 Å². The molecule has 0 spiro atoms. The molecule has 0 aliphatic carbocycles. The third kappa shape index (κ3) is 2.87. The second-order valence-corrected chi connectivity index (χ2v) is 6.54. The second kappa shape index (κ2) is 4.82. The van der Waals surface area contributed by atoms with Crippen LogP contribution in [0.5, 0.6) is 0 Å². The summed E-state index contributed by atoms with van der Waals surface area (Å²) in [6, 6.07) is 1.76. The van der Waals surface area contributed by atoms with E-state index in [0.29, 0.717) is 5.56 Å². The highest BCUT2D eigenvalue weighted by molar-refractivity contribution is 9.10. The summed E-state index contributed by atoms with van der Waals surface area (Å²) >= 11 is 3.26. The molecule has 0 fully saturated rings. The fourth-order valence-electron chi connectivity index (χ4n) is 1.52. The van der Waals surface area contributed by atoms with Crippen molar-refractivity contribution in [3.05, 3.63) is 28.5 Å². The first kappa shape index (κ1) is 13.8. The van der Waals surface area contributed by atoms with Crippen molar-refractivity contribution in [3.8, 4) is 0 Å². The molecule has 0 saturated heterocycles. The molecule has 0 aliphatic rings. The van der Waals surface area contributed by atoms with Gasteiger partial charge in [-0.3, -0.25) is 9.40 Å². The minimum atomic E-state index is -3.79. The van der Waals surface area contributed by atoms with Gasteiger partial charge in [-0.2, -0.15) is 5.10 Å². The average molecular weight is 346 g/mol. The highest BCUT2D eigenvalue weighted by Crippen LogP contribution is 2.22. The zero-order chi connectivity index (χ0) is 14.2. The summed E-state index contributed by atoms with van der Waals surface area (Å²) in [7, 11) is -2.20. The van der Waals surface area contributed by atoms with Crippen molar-refractivity contribution in [2.45, 2.75) is 11.8 Å². The zero-order valence-corrected chi connectivity index (χ0v) is 12.7. The number of rotatable bonds is 3. The molecule has 0 amide bonds. The highest BCUT2D eigenvalue weighted by atomic mass is 79.9. The number of hydrogen-bond donors (Lipinski definition) is 2. The van der Waals surface area contributed by atoms with Crippen LogP contribution in [0.3, 0.4) is 0 Å². The maximum Gasteiger partial charge on any atom is 0.268 e. The number of hydrogen-bond acceptors (Lipinski definition) is 5. The van der Waals surface area contributed by atoms with E-state index in [1.807, 2.05) is 0 Å². The molecule has 2 rings (SSSR count). The Morgan fingerprint density at radius 2 is 2.16 bits per heavy atom. The van der Waals surface area contributed by atoms with Crippen LogP contribution in [0.2, 0.25) is 0 Å². The van der Waals surface area contributed by atoms with Crippen molar-refractivity contribution in [3.63, 3.8) is 0 Å². The van der Waals surface area contributed by atoms with Crippen LogP contribution >= 0.6 is 15.9 Å². The summed E-state index contributed by atoms with van der Waals surface area (Å²) in [4.78, 5) is 3.95. The van der Waals surface area contributed by atoms with Gasteiger partial charge < -0.3 is 5.73 Å². The van der Waals surface area contributed by atoms with Crippen LogP contribution in [0, 0.1) is 6.92 Å². The fraction of sp³-hybridized carbons (Fsp3) is 0.200. The van der Waals surface area contributed by atoms with Crippen molar-refractivity contribution in [1.29, 1.82) is 0 Å². The standard InChI is InChI=1S/C10H12BrN5O2S/c1-6-3-7(11)4-13-10(6)15-19(17,18)8-5-16(2)14-9(8)12/h3-5H,1-2H3,(H2,12,14)(H,13,15). The predicted molar refractivity (Wildman–Crippen MR) is 75.1 cm³/mol. The van der Waals surface area contributed by atoms with Gasteiger partial charge >= 0.3 is 0 Å². The quantitative estimate of drug-likeness (QED) is 0.871. The molecule has 7 nitrogen and oxygen atoms in total. The van der Waals surface area contributed by atoms with Crippen LogP contribution < -0.4 is 10.5 Å². The topological polar surface area (TPSA) is 103 Å². The Morgan fingerprint density at radius 1 is 1.47 bits per heavy atom. The maximum atomic E-state index is 12.2. The molecule has 0 radical (unpaired) electrons. The minimum absolute atomic E-state index is 0.0511. The first-order valence-corrected chi connectivity index (χ1v) is 7.51. The molecule has 0 saturated carbocycles. The lowest BCUT2D eigenvalue weighted by molar-refractivity contribution is 0.601. The van der Waals surface area contributed by atoms with E-state index < -0.39 is 10.0 Å². The zero-order valence-electron chi connectivity index (χ0n) is 10.3. The normalized spacial score (nSPS) is 11.5. The molecule has 0 aliphatic heterocycles. The molecule has 3 N–H and O–H groups in total. The van der Waals surface area contributed by atoms with Crippen molar-refractivity contribution < 1.29 is 8.42 Å². The first-order valence-electron chi connectivity index (χ1n) is 5.23. The fourth-order valence-corrected chi connectivity index (χ4v) is 3.15. The third-order valence-electron chi connectivity index (χ3n) is 2.39. The summed E-state index contributed by atoms with van der Waals surface area (Å²) in [5.74, 6) is 0.205. The van der Waals surface area contributed by atoms with Gasteiger partial charge in [0.2, 0.25) is 0 Å². The lowest BCUT2D eigenvalue weighted by Crippen LogP contribution is -2.15. The Morgan fingerprint density at radius 3 is 2.68 bits per heavy atom. The number of sulfonamides is 1. The van der Waals surface area contributed by atoms with E-state index in [1.54, 1.807) is 20.0 Å². The van der Waals surface area contributed by atoms with Crippen LogP contribution in [-0.2, 0) is 17.1 Å². The number of halogens is 1. The van der Waals surface area contributed by atoms with Gasteiger partial charge in [0, 0.05) is 23.9 Å². The summed E-state index contributed by atoms with van der Waals surface area (Å²) in [6.45, 7) is 1.75. The van der Waals surface area contributed by atoms with E-state index in [4.69, 9.17) is 5.73 Å². The van der Waals surface area contributed by atoms with Gasteiger partial charge in [-0.05, 0) is 34.5 Å². The van der Waals surface area contributed by atoms with Gasteiger partial charge in [0.05, 0.1) is 0 Å². The Bertz CT molecular complexity index is 726. The van der Waals surface area contributed by atoms with Gasteiger partial charge in [-0.15, -0.1) is 0 Å². The average Bonchev–Trinajstić information content (AvgIpc) is 2.63. The van der Waals surface area contributed by atoms with Crippen molar-refractivity contribution in [2.24, 2.45) is 7.05 Å². The molecule has 0 unspecified atom stereocenters. The lowest BCUT2D eigenvalue weighted by Gasteiger charge is -2.08. The van der Waals surface area contributed by atoms with E-state index in [2.05, 4.69) is 30.7 Å². The van der Waals surface area contributed by atoms with E-state index in [9.17, 15) is 8.42 Å². The molecular formula is C10H12BrN5O2S. The van der Waals surface area contributed by atoms with Crippen molar-refractivity contribution >= 4 is 37.6 Å². The summed E-state index contributed by atoms with van der Waals surface area (Å²) < 4.78 is 28.9. The highest BCUT2D eigenvalue weighted by Gasteiger charge is 2.21. The van der Waals surface area contributed by atoms with Gasteiger partial charge in [0.1, 0.15) is 10.7 Å². The molecule has 19 heavy (non-hydrogen) atoms. The van der Waals surface area contributed by atoms with Crippen LogP contribution in [-0.4, -0.2) is 23.2 Å². The van der Waals surface area contributed by atoms with Gasteiger partial charge in [0.25, 0.3) is 10.0 Å². The van der Waals surface area contributed by atoms with Crippen LogP contribution in [0.4, 0.5) is 11.6 Å². The van der Waals surface area contributed by atoms with E-state index >= 15 is 0 Å². The maximum absolute atomic E-state index is 12.2. The Labute approximate surface area is 119 Å². The Hall–Kier alpha value is -1.61. The number of pyridine rings is 1. The van der Waals surface area contributed by atoms with Crippen LogP contribution in [0.1, 0.15) is 5.56 Å². The predicted octanol–water partition coefficient (Wildman–Crippen LogP) is 1.27. The first-order chi connectivity index (χ1) is 8.79. The molecule has 102 valence electrons. The SMILES string of the molecule is Cc1cc(Br)cnc1NS(=O)(=O)c1cn(C)nc1N. The summed E-state index contributed by atoms with van der Waals surface area (Å²) in [5.41, 5.74) is 6.26.